The molecule has 2 heteroatoms. The van der Waals surface area contributed by atoms with Crippen molar-refractivity contribution in [2.45, 2.75) is 38.5 Å². The van der Waals surface area contributed by atoms with Crippen LogP contribution in [0, 0.1) is 0 Å². The number of hydrogen-bond acceptors (Lipinski definition) is 1. The van der Waals surface area contributed by atoms with Gasteiger partial charge in [0, 0.05) is 27.2 Å². The molecule has 2 aromatic heterocycles. The standard InChI is InChI=1S/C42H33NO/c1-41(2)35-23-27(26-17-20-28(21-18-26)43-37-14-8-5-11-30(37)31-12-6-9-15-38(31)43)19-22-29(35)33-24-34-32-13-7-10-16-39(32)44-40(34)25-36(33)42(41,3)4/h5-25H,1-4H3. The highest BCUT2D eigenvalue weighted by molar-refractivity contribution is 6.09. The third-order valence-electron chi connectivity index (χ3n) is 10.8. The highest BCUT2D eigenvalue weighted by Crippen LogP contribution is 2.55. The van der Waals surface area contributed by atoms with Gasteiger partial charge in [-0.25, -0.2) is 0 Å². The fourth-order valence-electron chi connectivity index (χ4n) is 7.66. The molecule has 0 radical (unpaired) electrons. The van der Waals surface area contributed by atoms with E-state index < -0.39 is 0 Å². The first kappa shape index (κ1) is 25.4. The molecule has 0 unspecified atom stereocenters. The molecule has 0 saturated heterocycles. The Kier molecular flexibility index (Phi) is 5.05. The van der Waals surface area contributed by atoms with E-state index in [1.54, 1.807) is 0 Å². The van der Waals surface area contributed by atoms with Crippen molar-refractivity contribution in [1.82, 2.24) is 4.57 Å². The van der Waals surface area contributed by atoms with Crippen LogP contribution in [0.5, 0.6) is 0 Å². The van der Waals surface area contributed by atoms with Crippen LogP contribution in [0.3, 0.4) is 0 Å². The van der Waals surface area contributed by atoms with Gasteiger partial charge in [0.15, 0.2) is 0 Å². The van der Waals surface area contributed by atoms with Crippen molar-refractivity contribution in [2.24, 2.45) is 0 Å². The molecular formula is C42H33NO. The average molecular weight is 568 g/mol. The summed E-state index contributed by atoms with van der Waals surface area (Å²) in [6.45, 7) is 9.56. The van der Waals surface area contributed by atoms with Gasteiger partial charge in [-0.1, -0.05) is 107 Å². The molecular weight excluding hydrogens is 534 g/mol. The molecule has 2 heterocycles. The van der Waals surface area contributed by atoms with Crippen molar-refractivity contribution < 1.29 is 4.42 Å². The lowest BCUT2D eigenvalue weighted by atomic mass is 9.55. The summed E-state index contributed by atoms with van der Waals surface area (Å²) in [6, 6.07) is 46.6. The molecule has 0 spiro atoms. The summed E-state index contributed by atoms with van der Waals surface area (Å²) in [5, 5.41) is 4.93. The molecule has 1 aliphatic rings. The van der Waals surface area contributed by atoms with E-state index in [-0.39, 0.29) is 10.8 Å². The van der Waals surface area contributed by atoms with Crippen LogP contribution in [0.4, 0.5) is 0 Å². The molecule has 0 bridgehead atoms. The molecule has 0 aliphatic heterocycles. The Hall–Kier alpha value is -5.08. The van der Waals surface area contributed by atoms with E-state index in [9.17, 15) is 0 Å². The highest BCUT2D eigenvalue weighted by atomic mass is 16.3. The lowest BCUT2D eigenvalue weighted by Gasteiger charge is -2.48. The van der Waals surface area contributed by atoms with Crippen LogP contribution in [-0.2, 0) is 10.8 Å². The summed E-state index contributed by atoms with van der Waals surface area (Å²) in [6.07, 6.45) is 0. The number of aromatic nitrogens is 1. The average Bonchev–Trinajstić information content (AvgIpc) is 3.59. The molecule has 2 nitrogen and oxygen atoms in total. The monoisotopic (exact) mass is 567 g/mol. The van der Waals surface area contributed by atoms with E-state index in [4.69, 9.17) is 4.42 Å². The Morgan fingerprint density at radius 1 is 0.455 bits per heavy atom. The third-order valence-corrected chi connectivity index (χ3v) is 10.8. The first-order valence-corrected chi connectivity index (χ1v) is 15.5. The van der Waals surface area contributed by atoms with Crippen molar-refractivity contribution in [3.63, 3.8) is 0 Å². The zero-order valence-corrected chi connectivity index (χ0v) is 25.5. The molecule has 0 atom stereocenters. The van der Waals surface area contributed by atoms with Gasteiger partial charge in [0.25, 0.3) is 0 Å². The Balaban J connectivity index is 1.19. The van der Waals surface area contributed by atoms with Crippen molar-refractivity contribution in [2.75, 3.05) is 0 Å². The van der Waals surface area contributed by atoms with Gasteiger partial charge in [-0.05, 0) is 92.7 Å². The molecule has 0 N–H and O–H groups in total. The number of para-hydroxylation sites is 3. The summed E-state index contributed by atoms with van der Waals surface area (Å²) < 4.78 is 8.71. The quantitative estimate of drug-likeness (QED) is 0.203. The minimum atomic E-state index is -0.0957. The number of rotatable bonds is 2. The van der Waals surface area contributed by atoms with Crippen molar-refractivity contribution in [3.8, 4) is 27.9 Å². The van der Waals surface area contributed by atoms with Crippen LogP contribution in [0.1, 0.15) is 38.8 Å². The van der Waals surface area contributed by atoms with E-state index in [1.807, 2.05) is 6.07 Å². The predicted molar refractivity (Wildman–Crippen MR) is 185 cm³/mol. The lowest BCUT2D eigenvalue weighted by molar-refractivity contribution is 0.299. The molecule has 44 heavy (non-hydrogen) atoms. The van der Waals surface area contributed by atoms with E-state index in [1.165, 1.54) is 71.6 Å². The van der Waals surface area contributed by atoms with Gasteiger partial charge >= 0.3 is 0 Å². The van der Waals surface area contributed by atoms with Crippen LogP contribution < -0.4 is 0 Å². The Labute approximate surface area is 257 Å². The number of fused-ring (bicyclic) bond motifs is 9. The van der Waals surface area contributed by atoms with Crippen LogP contribution >= 0.6 is 0 Å². The maximum atomic E-state index is 6.33. The number of benzene rings is 6. The molecule has 6 aromatic carbocycles. The Morgan fingerprint density at radius 3 is 1.70 bits per heavy atom. The van der Waals surface area contributed by atoms with Crippen LogP contribution in [-0.4, -0.2) is 4.57 Å². The summed E-state index contributed by atoms with van der Waals surface area (Å²) in [7, 11) is 0. The van der Waals surface area contributed by atoms with Crippen LogP contribution in [0.15, 0.2) is 132 Å². The van der Waals surface area contributed by atoms with Gasteiger partial charge in [-0.3, -0.25) is 0 Å². The van der Waals surface area contributed by atoms with Gasteiger partial charge in [-0.15, -0.1) is 0 Å². The maximum Gasteiger partial charge on any atom is 0.135 e. The number of furan rings is 1. The second kappa shape index (κ2) is 8.74. The molecule has 1 aliphatic carbocycles. The first-order valence-electron chi connectivity index (χ1n) is 15.5. The number of hydrogen-bond donors (Lipinski definition) is 0. The van der Waals surface area contributed by atoms with Gasteiger partial charge in [0.2, 0.25) is 0 Å². The predicted octanol–water partition coefficient (Wildman–Crippen LogP) is 11.6. The van der Waals surface area contributed by atoms with Crippen molar-refractivity contribution >= 4 is 43.7 Å². The topological polar surface area (TPSA) is 18.1 Å². The normalized spacial score (nSPS) is 15.2. The summed E-state index contributed by atoms with van der Waals surface area (Å²) in [4.78, 5) is 0. The zero-order valence-electron chi connectivity index (χ0n) is 25.5. The van der Waals surface area contributed by atoms with E-state index in [2.05, 4.69) is 154 Å². The maximum absolute atomic E-state index is 6.33. The molecule has 9 rings (SSSR count). The van der Waals surface area contributed by atoms with E-state index >= 15 is 0 Å². The van der Waals surface area contributed by atoms with Gasteiger partial charge < -0.3 is 8.98 Å². The Bertz CT molecular complexity index is 2380. The zero-order chi connectivity index (χ0) is 29.8. The first-order chi connectivity index (χ1) is 21.3. The summed E-state index contributed by atoms with van der Waals surface area (Å²) in [5.41, 5.74) is 13.2. The minimum Gasteiger partial charge on any atom is -0.456 e. The third kappa shape index (κ3) is 3.31. The minimum absolute atomic E-state index is 0.0893. The molecule has 212 valence electrons. The van der Waals surface area contributed by atoms with Gasteiger partial charge in [0.05, 0.1) is 11.0 Å². The van der Waals surface area contributed by atoms with E-state index in [0.717, 1.165) is 11.2 Å². The molecule has 0 amide bonds. The lowest BCUT2D eigenvalue weighted by Crippen LogP contribution is -2.43. The second-order valence-corrected chi connectivity index (χ2v) is 13.4. The molecule has 0 fully saturated rings. The smallest absolute Gasteiger partial charge is 0.135 e. The molecule has 8 aromatic rings. The van der Waals surface area contributed by atoms with E-state index in [0.29, 0.717) is 0 Å². The molecule has 0 saturated carbocycles. The van der Waals surface area contributed by atoms with Crippen molar-refractivity contribution in [1.29, 1.82) is 0 Å². The summed E-state index contributed by atoms with van der Waals surface area (Å²) in [5.74, 6) is 0. The van der Waals surface area contributed by atoms with Gasteiger partial charge in [-0.2, -0.15) is 0 Å². The fourth-order valence-corrected chi connectivity index (χ4v) is 7.66. The van der Waals surface area contributed by atoms with Crippen LogP contribution in [0.25, 0.3) is 71.7 Å². The van der Waals surface area contributed by atoms with Crippen LogP contribution in [0.2, 0.25) is 0 Å². The Morgan fingerprint density at radius 2 is 1.02 bits per heavy atom. The fraction of sp³-hybridized carbons (Fsp3) is 0.143. The SMILES string of the molecule is CC1(C)c2cc(-c3ccc(-n4c5ccccc5c5ccccc54)cc3)ccc2-c2cc3c(cc2C1(C)C)oc1ccccc13. The second-order valence-electron chi connectivity index (χ2n) is 13.4. The van der Waals surface area contributed by atoms with Crippen molar-refractivity contribution in [3.05, 3.63) is 139 Å². The highest BCUT2D eigenvalue weighted by Gasteiger charge is 2.46. The van der Waals surface area contributed by atoms with Gasteiger partial charge in [0.1, 0.15) is 11.2 Å². The summed E-state index contributed by atoms with van der Waals surface area (Å²) >= 11 is 0. The number of nitrogens with zero attached hydrogens (tertiary/aromatic N) is 1. The largest absolute Gasteiger partial charge is 0.456 e.